The number of hydrogen-bond acceptors (Lipinski definition) is 3. The van der Waals surface area contributed by atoms with Crippen molar-refractivity contribution >= 4 is 11.9 Å². The van der Waals surface area contributed by atoms with Crippen molar-refractivity contribution in [1.29, 1.82) is 0 Å². The fraction of sp³-hybridized carbons (Fsp3) is 0.579. The number of aryl methyl sites for hydroxylation is 1. The predicted octanol–water partition coefficient (Wildman–Crippen LogP) is 4.17. The number of benzene rings is 1. The van der Waals surface area contributed by atoms with Crippen LogP contribution < -0.4 is 4.74 Å². The molecule has 4 heteroatoms. The van der Waals surface area contributed by atoms with Crippen LogP contribution >= 0.6 is 0 Å². The van der Waals surface area contributed by atoms with E-state index in [0.29, 0.717) is 29.3 Å². The summed E-state index contributed by atoms with van der Waals surface area (Å²) in [5.41, 5.74) is 2.48. The van der Waals surface area contributed by atoms with Gasteiger partial charge in [0.05, 0.1) is 0 Å². The Hall–Kier alpha value is -1.84. The van der Waals surface area contributed by atoms with E-state index in [-0.39, 0.29) is 5.41 Å². The fourth-order valence-corrected chi connectivity index (χ4v) is 5.49. The molecule has 2 fully saturated rings. The van der Waals surface area contributed by atoms with E-state index in [1.165, 1.54) is 11.1 Å². The summed E-state index contributed by atoms with van der Waals surface area (Å²) in [7, 11) is 0. The average molecular weight is 314 g/mol. The standard InChI is InChI=1S/C19H22O4/c1-19-9-8-14-13-5-3-12(23-18(21)22)10-11(13)2-4-15(14)16(19)6-7-17(19)20/h3,5,10,14-16H,2,4,6-9H2,1H3,(H,21,22)/t14-,15-,16+,19+/m1/s1. The molecule has 122 valence electrons. The number of fused-ring (bicyclic) bond motifs is 5. The molecule has 1 aromatic rings. The third-order valence-electron chi connectivity index (χ3n) is 6.61. The van der Waals surface area contributed by atoms with Crippen molar-refractivity contribution in [3.63, 3.8) is 0 Å². The highest BCUT2D eigenvalue weighted by Gasteiger charge is 2.54. The van der Waals surface area contributed by atoms with Gasteiger partial charge >= 0.3 is 6.16 Å². The Kier molecular flexibility index (Phi) is 3.26. The molecule has 0 radical (unpaired) electrons. The molecule has 3 aliphatic carbocycles. The fourth-order valence-electron chi connectivity index (χ4n) is 5.49. The maximum Gasteiger partial charge on any atom is 0.511 e. The van der Waals surface area contributed by atoms with Crippen molar-refractivity contribution in [1.82, 2.24) is 0 Å². The molecule has 4 rings (SSSR count). The Morgan fingerprint density at radius 3 is 2.87 bits per heavy atom. The van der Waals surface area contributed by atoms with E-state index in [0.717, 1.165) is 38.5 Å². The van der Waals surface area contributed by atoms with Gasteiger partial charge in [-0.1, -0.05) is 13.0 Å². The Morgan fingerprint density at radius 1 is 1.26 bits per heavy atom. The molecule has 3 aliphatic rings. The zero-order valence-electron chi connectivity index (χ0n) is 13.4. The van der Waals surface area contributed by atoms with Gasteiger partial charge in [-0.15, -0.1) is 0 Å². The van der Waals surface area contributed by atoms with E-state index >= 15 is 0 Å². The van der Waals surface area contributed by atoms with Gasteiger partial charge in [-0.25, -0.2) is 4.79 Å². The minimum absolute atomic E-state index is 0.0922. The van der Waals surface area contributed by atoms with E-state index in [1.807, 2.05) is 12.1 Å². The molecule has 0 heterocycles. The van der Waals surface area contributed by atoms with Crippen LogP contribution in [0.4, 0.5) is 4.79 Å². The number of rotatable bonds is 1. The Balaban J connectivity index is 1.65. The van der Waals surface area contributed by atoms with Gasteiger partial charge in [-0.05, 0) is 73.1 Å². The van der Waals surface area contributed by atoms with E-state index in [2.05, 4.69) is 6.92 Å². The molecule has 0 aromatic heterocycles. The number of hydrogen-bond donors (Lipinski definition) is 1. The number of carbonyl (C=O) groups excluding carboxylic acids is 1. The first-order chi connectivity index (χ1) is 11.0. The van der Waals surface area contributed by atoms with E-state index in [1.54, 1.807) is 6.07 Å². The van der Waals surface area contributed by atoms with Crippen molar-refractivity contribution in [2.75, 3.05) is 0 Å². The SMILES string of the molecule is C[C@]12CC[C@@H]3c4ccc(OC(=O)O)cc4CC[C@H]3[C@@H]1CCC2=O. The lowest BCUT2D eigenvalue weighted by Crippen LogP contribution is -2.42. The molecule has 0 amide bonds. The molecule has 4 nitrogen and oxygen atoms in total. The zero-order chi connectivity index (χ0) is 16.2. The van der Waals surface area contributed by atoms with Crippen LogP contribution in [0.2, 0.25) is 0 Å². The molecule has 4 atom stereocenters. The van der Waals surface area contributed by atoms with Gasteiger partial charge in [-0.2, -0.15) is 0 Å². The van der Waals surface area contributed by atoms with Crippen LogP contribution in [0.5, 0.6) is 5.75 Å². The summed E-state index contributed by atoms with van der Waals surface area (Å²) in [4.78, 5) is 23.0. The number of carbonyl (C=O) groups is 2. The summed E-state index contributed by atoms with van der Waals surface area (Å²) in [6.07, 6.45) is 4.64. The lowest BCUT2D eigenvalue weighted by Gasteiger charge is -2.48. The smallest absolute Gasteiger partial charge is 0.449 e. The summed E-state index contributed by atoms with van der Waals surface area (Å²) in [5, 5.41) is 8.76. The van der Waals surface area contributed by atoms with Gasteiger partial charge < -0.3 is 9.84 Å². The molecule has 0 saturated heterocycles. The van der Waals surface area contributed by atoms with Crippen molar-refractivity contribution in [3.05, 3.63) is 29.3 Å². The Morgan fingerprint density at radius 2 is 2.09 bits per heavy atom. The molecule has 23 heavy (non-hydrogen) atoms. The number of ketones is 1. The number of carboxylic acid groups (broad SMARTS) is 1. The maximum absolute atomic E-state index is 12.3. The van der Waals surface area contributed by atoms with Crippen LogP contribution in [-0.4, -0.2) is 17.0 Å². The topological polar surface area (TPSA) is 63.6 Å². The van der Waals surface area contributed by atoms with Gasteiger partial charge in [0, 0.05) is 11.8 Å². The van der Waals surface area contributed by atoms with Crippen LogP contribution in [0.15, 0.2) is 18.2 Å². The van der Waals surface area contributed by atoms with Gasteiger partial charge in [-0.3, -0.25) is 4.79 Å². The second kappa shape index (κ2) is 5.08. The highest BCUT2D eigenvalue weighted by molar-refractivity contribution is 5.87. The first kappa shape index (κ1) is 14.7. The normalized spacial score (nSPS) is 35.2. The first-order valence-electron chi connectivity index (χ1n) is 8.56. The second-order valence-corrected chi connectivity index (χ2v) is 7.56. The predicted molar refractivity (Wildman–Crippen MR) is 84.7 cm³/mol. The van der Waals surface area contributed by atoms with Crippen LogP contribution in [0, 0.1) is 17.3 Å². The lowest BCUT2D eigenvalue weighted by atomic mass is 9.55. The molecular weight excluding hydrogens is 292 g/mol. The third kappa shape index (κ3) is 2.19. The maximum atomic E-state index is 12.3. The second-order valence-electron chi connectivity index (χ2n) is 7.56. The quantitative estimate of drug-likeness (QED) is 0.624. The number of ether oxygens (including phenoxy) is 1. The van der Waals surface area contributed by atoms with Crippen molar-refractivity contribution < 1.29 is 19.4 Å². The molecule has 0 bridgehead atoms. The van der Waals surface area contributed by atoms with E-state index < -0.39 is 6.16 Å². The van der Waals surface area contributed by atoms with Crippen LogP contribution in [0.3, 0.4) is 0 Å². The minimum atomic E-state index is -1.27. The van der Waals surface area contributed by atoms with Gasteiger partial charge in [0.1, 0.15) is 11.5 Å². The molecule has 1 aromatic carbocycles. The highest BCUT2D eigenvalue weighted by atomic mass is 16.7. The lowest BCUT2D eigenvalue weighted by molar-refractivity contribution is -0.129. The highest BCUT2D eigenvalue weighted by Crippen LogP contribution is 2.59. The Labute approximate surface area is 135 Å². The van der Waals surface area contributed by atoms with Crippen LogP contribution in [0.1, 0.15) is 56.1 Å². The zero-order valence-corrected chi connectivity index (χ0v) is 13.4. The molecular formula is C19H22O4. The summed E-state index contributed by atoms with van der Waals surface area (Å²) in [6, 6.07) is 5.69. The van der Waals surface area contributed by atoms with Gasteiger partial charge in [0.2, 0.25) is 0 Å². The monoisotopic (exact) mass is 314 g/mol. The minimum Gasteiger partial charge on any atom is -0.449 e. The summed E-state index contributed by atoms with van der Waals surface area (Å²) in [5.74, 6) is 2.51. The van der Waals surface area contributed by atoms with E-state index in [4.69, 9.17) is 9.84 Å². The van der Waals surface area contributed by atoms with Crippen LogP contribution in [-0.2, 0) is 11.2 Å². The number of Topliss-reactive ketones (excluding diaryl/α,β-unsaturated/α-hetero) is 1. The van der Waals surface area contributed by atoms with E-state index in [9.17, 15) is 9.59 Å². The van der Waals surface area contributed by atoms with Crippen molar-refractivity contribution in [2.45, 2.75) is 51.4 Å². The van der Waals surface area contributed by atoms with Crippen molar-refractivity contribution in [2.24, 2.45) is 17.3 Å². The first-order valence-corrected chi connectivity index (χ1v) is 8.56. The molecule has 0 unspecified atom stereocenters. The van der Waals surface area contributed by atoms with Crippen molar-refractivity contribution in [3.8, 4) is 5.75 Å². The largest absolute Gasteiger partial charge is 0.511 e. The summed E-state index contributed by atoms with van der Waals surface area (Å²) >= 11 is 0. The molecule has 0 spiro atoms. The summed E-state index contributed by atoms with van der Waals surface area (Å²) < 4.78 is 4.79. The van der Waals surface area contributed by atoms with Crippen LogP contribution in [0.25, 0.3) is 0 Å². The molecule has 1 N–H and O–H groups in total. The molecule has 0 aliphatic heterocycles. The third-order valence-corrected chi connectivity index (χ3v) is 6.61. The average Bonchev–Trinajstić information content (AvgIpc) is 2.82. The van der Waals surface area contributed by atoms with Gasteiger partial charge in [0.15, 0.2) is 0 Å². The summed E-state index contributed by atoms with van der Waals surface area (Å²) in [6.45, 7) is 2.18. The molecule has 2 saturated carbocycles. The van der Waals surface area contributed by atoms with Gasteiger partial charge in [0.25, 0.3) is 0 Å². The Bertz CT molecular complexity index is 680.